The maximum atomic E-state index is 5.75. The number of nitrogens with one attached hydrogen (secondary N) is 1. The molecule has 0 amide bonds. The average Bonchev–Trinajstić information content (AvgIpc) is 3.05. The molecule has 19 heavy (non-hydrogen) atoms. The molecular formula is C15H16BrNOS. The van der Waals surface area contributed by atoms with E-state index in [1.807, 2.05) is 0 Å². The van der Waals surface area contributed by atoms with Crippen LogP contribution in [0.1, 0.15) is 29.0 Å². The lowest BCUT2D eigenvalue weighted by Gasteiger charge is -2.14. The standard InChI is InChI=1S/C15H16BrNOS/c1-10(14-3-2-6-19-14)17-9-12-8-13(16)7-11-4-5-18-15(11)12/h2-3,6-8,10,17H,4-5,9H2,1H3/t10-/m0/s1. The molecule has 0 spiro atoms. The summed E-state index contributed by atoms with van der Waals surface area (Å²) in [6.45, 7) is 3.84. The summed E-state index contributed by atoms with van der Waals surface area (Å²) in [7, 11) is 0. The van der Waals surface area contributed by atoms with Crippen molar-refractivity contribution < 1.29 is 4.74 Å². The van der Waals surface area contributed by atoms with E-state index < -0.39 is 0 Å². The summed E-state index contributed by atoms with van der Waals surface area (Å²) in [6, 6.07) is 8.95. The zero-order valence-electron chi connectivity index (χ0n) is 10.8. The Balaban J connectivity index is 1.74. The first kappa shape index (κ1) is 13.2. The first-order valence-electron chi connectivity index (χ1n) is 6.45. The number of rotatable bonds is 4. The van der Waals surface area contributed by atoms with E-state index in [0.29, 0.717) is 6.04 Å². The van der Waals surface area contributed by atoms with Crippen LogP contribution in [0.2, 0.25) is 0 Å². The van der Waals surface area contributed by atoms with Crippen molar-refractivity contribution in [3.05, 3.63) is 50.1 Å². The molecule has 1 aliphatic heterocycles. The largest absolute Gasteiger partial charge is 0.493 e. The van der Waals surface area contributed by atoms with E-state index in [2.05, 4.69) is 57.8 Å². The second kappa shape index (κ2) is 5.65. The Hall–Kier alpha value is -0.840. The Labute approximate surface area is 125 Å². The summed E-state index contributed by atoms with van der Waals surface area (Å²) in [4.78, 5) is 1.37. The fourth-order valence-electron chi connectivity index (χ4n) is 2.38. The van der Waals surface area contributed by atoms with Crippen molar-refractivity contribution in [1.82, 2.24) is 5.32 Å². The van der Waals surface area contributed by atoms with E-state index in [9.17, 15) is 0 Å². The molecule has 4 heteroatoms. The summed E-state index contributed by atoms with van der Waals surface area (Å²) in [5.74, 6) is 1.08. The van der Waals surface area contributed by atoms with Crippen molar-refractivity contribution in [3.8, 4) is 5.75 Å². The lowest BCUT2D eigenvalue weighted by Crippen LogP contribution is -2.17. The molecule has 2 aromatic rings. The minimum atomic E-state index is 0.371. The molecule has 0 bridgehead atoms. The summed E-state index contributed by atoms with van der Waals surface area (Å²) < 4.78 is 6.89. The summed E-state index contributed by atoms with van der Waals surface area (Å²) >= 11 is 5.37. The van der Waals surface area contributed by atoms with Gasteiger partial charge in [0.25, 0.3) is 0 Å². The zero-order valence-corrected chi connectivity index (χ0v) is 13.2. The molecule has 0 fully saturated rings. The van der Waals surface area contributed by atoms with Gasteiger partial charge in [-0.1, -0.05) is 22.0 Å². The number of fused-ring (bicyclic) bond motifs is 1. The van der Waals surface area contributed by atoms with Gasteiger partial charge >= 0.3 is 0 Å². The van der Waals surface area contributed by atoms with Crippen molar-refractivity contribution in [2.24, 2.45) is 0 Å². The SMILES string of the molecule is C[C@H](NCc1cc(Br)cc2c1OCC2)c1cccs1. The Bertz CT molecular complexity index is 568. The highest BCUT2D eigenvalue weighted by molar-refractivity contribution is 9.10. The van der Waals surface area contributed by atoms with E-state index in [4.69, 9.17) is 4.74 Å². The number of halogens is 1. The summed E-state index contributed by atoms with van der Waals surface area (Å²) in [5.41, 5.74) is 2.56. The molecular weight excluding hydrogens is 322 g/mol. The maximum Gasteiger partial charge on any atom is 0.127 e. The number of benzene rings is 1. The van der Waals surface area contributed by atoms with Crippen molar-refractivity contribution in [2.75, 3.05) is 6.61 Å². The van der Waals surface area contributed by atoms with Crippen molar-refractivity contribution in [2.45, 2.75) is 25.9 Å². The molecule has 100 valence electrons. The molecule has 3 rings (SSSR count). The first-order valence-corrected chi connectivity index (χ1v) is 8.12. The van der Waals surface area contributed by atoms with Gasteiger partial charge < -0.3 is 10.1 Å². The molecule has 1 aromatic heterocycles. The minimum absolute atomic E-state index is 0.371. The molecule has 1 aliphatic rings. The zero-order chi connectivity index (χ0) is 13.2. The van der Waals surface area contributed by atoms with Crippen LogP contribution in [0.15, 0.2) is 34.1 Å². The highest BCUT2D eigenvalue weighted by Gasteiger charge is 2.17. The third kappa shape index (κ3) is 2.86. The molecule has 0 aliphatic carbocycles. The number of ether oxygens (including phenoxy) is 1. The van der Waals surface area contributed by atoms with Crippen LogP contribution in [0.3, 0.4) is 0 Å². The van der Waals surface area contributed by atoms with Gasteiger partial charge in [-0.2, -0.15) is 0 Å². The molecule has 0 saturated carbocycles. The monoisotopic (exact) mass is 337 g/mol. The summed E-state index contributed by atoms with van der Waals surface area (Å²) in [5, 5.41) is 5.69. The Kier molecular flexibility index (Phi) is 3.91. The lowest BCUT2D eigenvalue weighted by molar-refractivity contribution is 0.351. The topological polar surface area (TPSA) is 21.3 Å². The van der Waals surface area contributed by atoms with Crippen LogP contribution in [-0.2, 0) is 13.0 Å². The van der Waals surface area contributed by atoms with E-state index in [0.717, 1.165) is 29.8 Å². The number of hydrogen-bond acceptors (Lipinski definition) is 3. The van der Waals surface area contributed by atoms with E-state index in [1.165, 1.54) is 16.0 Å². The fraction of sp³-hybridized carbons (Fsp3) is 0.333. The number of hydrogen-bond donors (Lipinski definition) is 1. The van der Waals surface area contributed by atoms with Gasteiger partial charge in [-0.15, -0.1) is 11.3 Å². The van der Waals surface area contributed by atoms with Gasteiger partial charge in [0, 0.05) is 33.9 Å². The average molecular weight is 338 g/mol. The van der Waals surface area contributed by atoms with Crippen LogP contribution < -0.4 is 10.1 Å². The van der Waals surface area contributed by atoms with E-state index in [1.54, 1.807) is 11.3 Å². The lowest BCUT2D eigenvalue weighted by atomic mass is 10.1. The molecule has 2 nitrogen and oxygen atoms in total. The van der Waals surface area contributed by atoms with Crippen molar-refractivity contribution in [1.29, 1.82) is 0 Å². The molecule has 2 heterocycles. The van der Waals surface area contributed by atoms with E-state index >= 15 is 0 Å². The van der Waals surface area contributed by atoms with Crippen LogP contribution in [0, 0.1) is 0 Å². The van der Waals surface area contributed by atoms with Crippen molar-refractivity contribution >= 4 is 27.3 Å². The van der Waals surface area contributed by atoms with Gasteiger partial charge in [0.05, 0.1) is 6.61 Å². The number of thiophene rings is 1. The maximum absolute atomic E-state index is 5.75. The van der Waals surface area contributed by atoms with Crippen LogP contribution in [-0.4, -0.2) is 6.61 Å². The van der Waals surface area contributed by atoms with Gasteiger partial charge in [-0.3, -0.25) is 0 Å². The Morgan fingerprint density at radius 3 is 3.16 bits per heavy atom. The second-order valence-corrected chi connectivity index (χ2v) is 6.66. The minimum Gasteiger partial charge on any atom is -0.493 e. The molecule has 0 unspecified atom stereocenters. The van der Waals surface area contributed by atoms with Gasteiger partial charge in [-0.05, 0) is 36.1 Å². The van der Waals surface area contributed by atoms with E-state index in [-0.39, 0.29) is 0 Å². The Morgan fingerprint density at radius 2 is 2.37 bits per heavy atom. The van der Waals surface area contributed by atoms with Crippen LogP contribution in [0.25, 0.3) is 0 Å². The molecule has 0 saturated heterocycles. The normalized spacial score (nSPS) is 15.1. The third-order valence-electron chi connectivity index (χ3n) is 3.39. The summed E-state index contributed by atoms with van der Waals surface area (Å²) in [6.07, 6.45) is 1.02. The van der Waals surface area contributed by atoms with Gasteiger partial charge in [0.1, 0.15) is 5.75 Å². The third-order valence-corrected chi connectivity index (χ3v) is 4.91. The molecule has 1 atom stereocenters. The smallest absolute Gasteiger partial charge is 0.127 e. The molecule has 0 radical (unpaired) electrons. The van der Waals surface area contributed by atoms with Gasteiger partial charge in [0.2, 0.25) is 0 Å². The fourth-order valence-corrected chi connectivity index (χ4v) is 3.69. The highest BCUT2D eigenvalue weighted by Crippen LogP contribution is 2.33. The van der Waals surface area contributed by atoms with Crippen molar-refractivity contribution in [3.63, 3.8) is 0 Å². The molecule has 1 N–H and O–H groups in total. The first-order chi connectivity index (χ1) is 9.24. The Morgan fingerprint density at radius 1 is 1.47 bits per heavy atom. The molecule has 1 aromatic carbocycles. The van der Waals surface area contributed by atoms with Crippen LogP contribution in [0.5, 0.6) is 5.75 Å². The predicted octanol–water partition coefficient (Wildman–Crippen LogP) is 4.30. The van der Waals surface area contributed by atoms with Crippen LogP contribution >= 0.6 is 27.3 Å². The van der Waals surface area contributed by atoms with Gasteiger partial charge in [-0.25, -0.2) is 0 Å². The van der Waals surface area contributed by atoms with Crippen LogP contribution in [0.4, 0.5) is 0 Å². The highest BCUT2D eigenvalue weighted by atomic mass is 79.9. The van der Waals surface area contributed by atoms with Gasteiger partial charge in [0.15, 0.2) is 0 Å². The second-order valence-electron chi connectivity index (χ2n) is 4.77. The predicted molar refractivity (Wildman–Crippen MR) is 82.9 cm³/mol. The quantitative estimate of drug-likeness (QED) is 0.898.